The molecule has 1 aromatic rings. The number of pyridine rings is 1. The number of carbonyl (C=O) groups excluding carboxylic acids is 1. The van der Waals surface area contributed by atoms with Crippen molar-refractivity contribution < 1.29 is 13.2 Å². The molecule has 0 unspecified atom stereocenters. The lowest BCUT2D eigenvalue weighted by Crippen LogP contribution is -2.49. The summed E-state index contributed by atoms with van der Waals surface area (Å²) in [4.78, 5) is 29.8. The van der Waals surface area contributed by atoms with E-state index in [-0.39, 0.29) is 35.5 Å². The largest absolute Gasteiger partial charge is 0.342 e. The second kappa shape index (κ2) is 8.22. The van der Waals surface area contributed by atoms with Gasteiger partial charge in [0.2, 0.25) is 5.91 Å². The Kier molecular flexibility index (Phi) is 5.84. The summed E-state index contributed by atoms with van der Waals surface area (Å²) in [6.45, 7) is 4.69. The average molecular weight is 422 g/mol. The number of carbonyl (C=O) groups is 1. The Morgan fingerprint density at radius 2 is 1.86 bits per heavy atom. The van der Waals surface area contributed by atoms with Gasteiger partial charge in [-0.15, -0.1) is 0 Å². The number of piperidine rings is 2. The summed E-state index contributed by atoms with van der Waals surface area (Å²) >= 11 is 0. The molecule has 8 heteroatoms. The van der Waals surface area contributed by atoms with Crippen LogP contribution in [-0.2, 0) is 27.7 Å². The molecule has 0 saturated carbocycles. The lowest BCUT2D eigenvalue weighted by atomic mass is 9.83. The van der Waals surface area contributed by atoms with Crippen molar-refractivity contribution in [2.45, 2.75) is 51.1 Å². The maximum atomic E-state index is 13.1. The molecule has 160 valence electrons. The topological polar surface area (TPSA) is 79.7 Å². The zero-order valence-corrected chi connectivity index (χ0v) is 18.0. The molecular formula is C21H31N3O4S. The Hall–Kier alpha value is -1.67. The second-order valence-corrected chi connectivity index (χ2v) is 11.3. The van der Waals surface area contributed by atoms with Crippen LogP contribution in [0.15, 0.2) is 16.9 Å². The maximum Gasteiger partial charge on any atom is 0.255 e. The number of nitrogens with zero attached hydrogens (tertiary/aromatic N) is 3. The first-order valence-electron chi connectivity index (χ1n) is 10.7. The van der Waals surface area contributed by atoms with Crippen LogP contribution in [0.25, 0.3) is 0 Å². The van der Waals surface area contributed by atoms with Crippen molar-refractivity contribution in [1.29, 1.82) is 0 Å². The van der Waals surface area contributed by atoms with Crippen molar-refractivity contribution in [2.75, 3.05) is 38.2 Å². The van der Waals surface area contributed by atoms with Crippen LogP contribution in [0.3, 0.4) is 0 Å². The number of likely N-dealkylation sites (tertiary alicyclic amines) is 2. The molecule has 29 heavy (non-hydrogen) atoms. The lowest BCUT2D eigenvalue weighted by Gasteiger charge is -2.43. The van der Waals surface area contributed by atoms with E-state index in [0.717, 1.165) is 43.6 Å². The van der Waals surface area contributed by atoms with Crippen LogP contribution in [0.2, 0.25) is 0 Å². The van der Waals surface area contributed by atoms with Crippen LogP contribution >= 0.6 is 0 Å². The zero-order chi connectivity index (χ0) is 20.6. The van der Waals surface area contributed by atoms with Gasteiger partial charge in [-0.2, -0.15) is 0 Å². The van der Waals surface area contributed by atoms with Crippen LogP contribution in [0.4, 0.5) is 0 Å². The molecular weight excluding hydrogens is 390 g/mol. The Morgan fingerprint density at radius 3 is 2.59 bits per heavy atom. The number of aromatic nitrogens is 1. The van der Waals surface area contributed by atoms with E-state index in [9.17, 15) is 18.0 Å². The molecule has 0 radical (unpaired) electrons. The predicted octanol–water partition coefficient (Wildman–Crippen LogP) is 1.21. The third-order valence-corrected chi connectivity index (χ3v) is 7.51. The van der Waals surface area contributed by atoms with E-state index < -0.39 is 9.84 Å². The number of sulfone groups is 1. The van der Waals surface area contributed by atoms with E-state index >= 15 is 0 Å². The maximum absolute atomic E-state index is 13.1. The van der Waals surface area contributed by atoms with Gasteiger partial charge in [0.1, 0.15) is 9.84 Å². The Balaban J connectivity index is 1.48. The van der Waals surface area contributed by atoms with Crippen molar-refractivity contribution in [2.24, 2.45) is 5.92 Å². The molecule has 2 atom stereocenters. The molecule has 1 aromatic heterocycles. The number of rotatable bonds is 5. The molecule has 4 rings (SSSR count). The minimum absolute atomic E-state index is 0.0415. The molecule has 7 nitrogen and oxygen atoms in total. The minimum Gasteiger partial charge on any atom is -0.342 e. The van der Waals surface area contributed by atoms with E-state index in [2.05, 4.69) is 11.0 Å². The van der Waals surface area contributed by atoms with Crippen LogP contribution in [0, 0.1) is 5.92 Å². The van der Waals surface area contributed by atoms with E-state index in [0.29, 0.717) is 19.6 Å². The highest BCUT2D eigenvalue weighted by molar-refractivity contribution is 7.90. The first-order chi connectivity index (χ1) is 13.8. The van der Waals surface area contributed by atoms with Gasteiger partial charge in [-0.3, -0.25) is 14.5 Å². The number of hydrogen-bond donors (Lipinski definition) is 0. The Bertz CT molecular complexity index is 934. The average Bonchev–Trinajstić information content (AvgIpc) is 2.69. The van der Waals surface area contributed by atoms with Gasteiger partial charge in [-0.05, 0) is 44.3 Å². The normalized spacial score (nSPS) is 24.9. The fraction of sp³-hybridized carbons (Fsp3) is 0.714. The molecule has 2 fully saturated rings. The highest BCUT2D eigenvalue weighted by atomic mass is 32.2. The van der Waals surface area contributed by atoms with Crippen LogP contribution in [-0.4, -0.2) is 66.9 Å². The van der Waals surface area contributed by atoms with Gasteiger partial charge in [0.15, 0.2) is 0 Å². The molecule has 4 heterocycles. The molecule has 2 bridgehead atoms. The summed E-state index contributed by atoms with van der Waals surface area (Å²) in [6.07, 6.45) is 5.89. The molecule has 3 aliphatic heterocycles. The lowest BCUT2D eigenvalue weighted by molar-refractivity contribution is -0.133. The highest BCUT2D eigenvalue weighted by Gasteiger charge is 2.36. The van der Waals surface area contributed by atoms with E-state index in [4.69, 9.17) is 0 Å². The Labute approximate surface area is 172 Å². The molecule has 0 aliphatic carbocycles. The molecule has 0 spiro atoms. The van der Waals surface area contributed by atoms with Gasteiger partial charge < -0.3 is 9.47 Å². The fourth-order valence-corrected chi connectivity index (χ4v) is 5.65. The fourth-order valence-electron chi connectivity index (χ4n) is 5.10. The highest BCUT2D eigenvalue weighted by Crippen LogP contribution is 2.35. The van der Waals surface area contributed by atoms with E-state index in [1.165, 1.54) is 19.3 Å². The van der Waals surface area contributed by atoms with Gasteiger partial charge in [0, 0.05) is 56.0 Å². The van der Waals surface area contributed by atoms with E-state index in [1.807, 2.05) is 10.6 Å². The summed E-state index contributed by atoms with van der Waals surface area (Å²) in [5.74, 6) is 0.212. The number of fused-ring (bicyclic) bond motifs is 4. The van der Waals surface area contributed by atoms with Crippen molar-refractivity contribution in [3.8, 4) is 0 Å². The minimum atomic E-state index is -3.14. The first kappa shape index (κ1) is 20.6. The summed E-state index contributed by atoms with van der Waals surface area (Å²) in [7, 11) is -3.14. The molecule has 3 aliphatic rings. The molecule has 1 amide bonds. The zero-order valence-electron chi connectivity index (χ0n) is 17.2. The van der Waals surface area contributed by atoms with Gasteiger partial charge in [0.25, 0.3) is 5.56 Å². The second-order valence-electron chi connectivity index (χ2n) is 9.01. The van der Waals surface area contributed by atoms with Gasteiger partial charge >= 0.3 is 0 Å². The summed E-state index contributed by atoms with van der Waals surface area (Å²) < 4.78 is 24.7. The van der Waals surface area contributed by atoms with Crippen molar-refractivity contribution in [1.82, 2.24) is 14.4 Å². The third kappa shape index (κ3) is 4.74. The van der Waals surface area contributed by atoms with Crippen molar-refractivity contribution in [3.05, 3.63) is 33.7 Å². The third-order valence-electron chi connectivity index (χ3n) is 6.57. The monoisotopic (exact) mass is 421 g/mol. The molecule has 0 aromatic carbocycles. The number of hydrogen-bond acceptors (Lipinski definition) is 5. The standard InChI is InChI=1S/C21H31N3O4S/c1-29(27,28)10-7-20(25)23-12-16-11-18(15-23)19-6-5-17(21(26)24(19)13-16)14-22-8-3-2-4-9-22/h5-6,16,18H,2-4,7-15H2,1H3/t16-,18+/m0/s1. The van der Waals surface area contributed by atoms with Crippen LogP contribution in [0.1, 0.15) is 49.3 Å². The molecule has 0 N–H and O–H groups in total. The van der Waals surface area contributed by atoms with Gasteiger partial charge in [0.05, 0.1) is 5.75 Å². The van der Waals surface area contributed by atoms with Crippen LogP contribution in [0.5, 0.6) is 0 Å². The van der Waals surface area contributed by atoms with Crippen molar-refractivity contribution in [3.63, 3.8) is 0 Å². The Morgan fingerprint density at radius 1 is 1.10 bits per heavy atom. The van der Waals surface area contributed by atoms with E-state index in [1.54, 1.807) is 4.90 Å². The summed E-state index contributed by atoms with van der Waals surface area (Å²) in [5.41, 5.74) is 2.02. The smallest absolute Gasteiger partial charge is 0.255 e. The van der Waals surface area contributed by atoms with Crippen molar-refractivity contribution >= 4 is 15.7 Å². The van der Waals surface area contributed by atoms with Crippen LogP contribution < -0.4 is 5.56 Å². The SMILES string of the molecule is CS(=O)(=O)CCC(=O)N1C[C@@H]2C[C@H](C1)c1ccc(CN3CCCCC3)c(=O)n1C2. The summed E-state index contributed by atoms with van der Waals surface area (Å²) in [5, 5.41) is 0. The molecule has 2 saturated heterocycles. The van der Waals surface area contributed by atoms with Gasteiger partial charge in [-0.25, -0.2) is 8.42 Å². The predicted molar refractivity (Wildman–Crippen MR) is 112 cm³/mol. The first-order valence-corrected chi connectivity index (χ1v) is 12.8. The number of amides is 1. The summed E-state index contributed by atoms with van der Waals surface area (Å²) in [6, 6.07) is 4.06. The quantitative estimate of drug-likeness (QED) is 0.714. The van der Waals surface area contributed by atoms with Gasteiger partial charge in [-0.1, -0.05) is 12.5 Å².